The van der Waals surface area contributed by atoms with Gasteiger partial charge in [-0.2, -0.15) is 4.52 Å². The molecule has 0 aliphatic heterocycles. The molecule has 0 atom stereocenters. The first-order valence-electron chi connectivity index (χ1n) is 3.40. The van der Waals surface area contributed by atoms with Gasteiger partial charge in [0.25, 0.3) is 17.8 Å². The van der Waals surface area contributed by atoms with Crippen LogP contribution in [-0.4, -0.2) is 19.6 Å². The van der Waals surface area contributed by atoms with Gasteiger partial charge in [-0.05, 0) is 0 Å². The van der Waals surface area contributed by atoms with Crippen LogP contribution < -0.4 is 5.56 Å². The zero-order valence-corrected chi connectivity index (χ0v) is 6.24. The second-order valence-corrected chi connectivity index (χ2v) is 2.34. The number of rotatable bonds is 1. The van der Waals surface area contributed by atoms with Crippen molar-refractivity contribution in [1.82, 2.24) is 19.6 Å². The molecule has 2 heterocycles. The summed E-state index contributed by atoms with van der Waals surface area (Å²) in [5.41, 5.74) is -1.16. The van der Waals surface area contributed by atoms with E-state index in [0.29, 0.717) is 0 Å². The van der Waals surface area contributed by atoms with Crippen molar-refractivity contribution in [3.63, 3.8) is 0 Å². The average Bonchev–Trinajstić information content (AvgIpc) is 2.51. The Balaban J connectivity index is 2.77. The van der Waals surface area contributed by atoms with Crippen LogP contribution in [0.4, 0.5) is 8.78 Å². The summed E-state index contributed by atoms with van der Waals surface area (Å²) < 4.78 is 25.2. The Bertz CT molecular complexity index is 489. The van der Waals surface area contributed by atoms with Gasteiger partial charge >= 0.3 is 0 Å². The lowest BCUT2D eigenvalue weighted by Gasteiger charge is -1.96. The molecule has 0 aliphatic rings. The van der Waals surface area contributed by atoms with E-state index >= 15 is 0 Å². The third-order valence-corrected chi connectivity index (χ3v) is 1.51. The maximum Gasteiger partial charge on any atom is 0.280 e. The van der Waals surface area contributed by atoms with E-state index in [2.05, 4.69) is 15.1 Å². The lowest BCUT2D eigenvalue weighted by atomic mass is 10.4. The fraction of sp³-hybridized carbons (Fsp3) is 0.167. The molecule has 0 bridgehead atoms. The number of H-pyrrole nitrogens is 1. The lowest BCUT2D eigenvalue weighted by Crippen LogP contribution is -2.15. The van der Waals surface area contributed by atoms with E-state index in [1.807, 2.05) is 0 Å². The highest BCUT2D eigenvalue weighted by atomic mass is 19.3. The third-order valence-electron chi connectivity index (χ3n) is 1.51. The minimum atomic E-state index is -2.76. The predicted octanol–water partition coefficient (Wildman–Crippen LogP) is 0.355. The Labute approximate surface area is 70.0 Å². The van der Waals surface area contributed by atoms with Crippen LogP contribution in [0.15, 0.2) is 17.2 Å². The van der Waals surface area contributed by atoms with Gasteiger partial charge in [0.15, 0.2) is 0 Å². The summed E-state index contributed by atoms with van der Waals surface area (Å²) in [6.07, 6.45) is -1.55. The Kier molecular flexibility index (Phi) is 1.57. The summed E-state index contributed by atoms with van der Waals surface area (Å²) in [4.78, 5) is 18.1. The molecule has 0 spiro atoms. The largest absolute Gasteiger partial charge is 0.280 e. The van der Waals surface area contributed by atoms with Crippen molar-refractivity contribution in [1.29, 1.82) is 0 Å². The quantitative estimate of drug-likeness (QED) is 0.699. The fourth-order valence-electron chi connectivity index (χ4n) is 0.951. The van der Waals surface area contributed by atoms with E-state index in [-0.39, 0.29) is 5.78 Å². The van der Waals surface area contributed by atoms with Crippen LogP contribution in [0.2, 0.25) is 0 Å². The molecule has 0 saturated heterocycles. The second-order valence-electron chi connectivity index (χ2n) is 2.34. The van der Waals surface area contributed by atoms with Crippen LogP contribution in [0.25, 0.3) is 5.78 Å². The number of aromatic nitrogens is 4. The number of alkyl halides is 2. The highest BCUT2D eigenvalue weighted by Crippen LogP contribution is 2.13. The number of nitrogens with zero attached hydrogens (tertiary/aromatic N) is 3. The molecule has 1 N–H and O–H groups in total. The van der Waals surface area contributed by atoms with E-state index in [9.17, 15) is 13.6 Å². The van der Waals surface area contributed by atoms with Crippen molar-refractivity contribution < 1.29 is 8.78 Å². The zero-order chi connectivity index (χ0) is 9.42. The molecule has 0 amide bonds. The molecule has 0 fully saturated rings. The SMILES string of the molecule is O=c1cc(C(F)F)nc2nc[nH]n12. The van der Waals surface area contributed by atoms with Gasteiger partial charge in [-0.3, -0.25) is 9.89 Å². The summed E-state index contributed by atoms with van der Waals surface area (Å²) in [5, 5.41) is 2.44. The minimum Gasteiger partial charge on any atom is -0.278 e. The summed E-state index contributed by atoms with van der Waals surface area (Å²) in [7, 11) is 0. The van der Waals surface area contributed by atoms with Crippen molar-refractivity contribution in [2.75, 3.05) is 0 Å². The molecule has 13 heavy (non-hydrogen) atoms. The summed E-state index contributed by atoms with van der Waals surface area (Å²) in [6, 6.07) is 0.774. The third kappa shape index (κ3) is 1.17. The van der Waals surface area contributed by atoms with Gasteiger partial charge < -0.3 is 0 Å². The Hall–Kier alpha value is -1.79. The predicted molar refractivity (Wildman–Crippen MR) is 38.6 cm³/mol. The lowest BCUT2D eigenvalue weighted by molar-refractivity contribution is 0.146. The smallest absolute Gasteiger partial charge is 0.278 e. The van der Waals surface area contributed by atoms with Crippen LogP contribution in [0.1, 0.15) is 12.1 Å². The zero-order valence-electron chi connectivity index (χ0n) is 6.24. The van der Waals surface area contributed by atoms with E-state index in [1.54, 1.807) is 0 Å². The summed E-state index contributed by atoms with van der Waals surface area (Å²) in [6.45, 7) is 0. The van der Waals surface area contributed by atoms with Crippen LogP contribution in [0.5, 0.6) is 0 Å². The number of halogens is 2. The van der Waals surface area contributed by atoms with Gasteiger partial charge in [0.2, 0.25) is 0 Å². The number of nitrogens with one attached hydrogen (secondary N) is 1. The number of hydrogen-bond donors (Lipinski definition) is 1. The van der Waals surface area contributed by atoms with E-state index in [4.69, 9.17) is 0 Å². The molecule has 7 heteroatoms. The fourth-order valence-corrected chi connectivity index (χ4v) is 0.951. The first-order valence-corrected chi connectivity index (χ1v) is 3.40. The second kappa shape index (κ2) is 2.61. The van der Waals surface area contributed by atoms with Crippen LogP contribution in [-0.2, 0) is 0 Å². The van der Waals surface area contributed by atoms with Gasteiger partial charge in [0, 0.05) is 6.07 Å². The van der Waals surface area contributed by atoms with Gasteiger partial charge in [0.1, 0.15) is 12.0 Å². The van der Waals surface area contributed by atoms with Crippen LogP contribution in [0.3, 0.4) is 0 Å². The maximum absolute atomic E-state index is 12.1. The molecule has 2 aromatic heterocycles. The average molecular weight is 186 g/mol. The van der Waals surface area contributed by atoms with E-state index < -0.39 is 17.7 Å². The Morgan fingerprint density at radius 3 is 3.00 bits per heavy atom. The van der Waals surface area contributed by atoms with Crippen LogP contribution >= 0.6 is 0 Å². The number of hydrogen-bond acceptors (Lipinski definition) is 3. The topological polar surface area (TPSA) is 63.0 Å². The van der Waals surface area contributed by atoms with Crippen molar-refractivity contribution in [2.45, 2.75) is 6.43 Å². The summed E-state index contributed by atoms with van der Waals surface area (Å²) >= 11 is 0. The molecular weight excluding hydrogens is 182 g/mol. The Morgan fingerprint density at radius 1 is 1.54 bits per heavy atom. The van der Waals surface area contributed by atoms with Gasteiger partial charge in [0.05, 0.1) is 0 Å². The van der Waals surface area contributed by atoms with Crippen molar-refractivity contribution in [3.8, 4) is 0 Å². The van der Waals surface area contributed by atoms with Gasteiger partial charge in [-0.25, -0.2) is 18.7 Å². The molecule has 5 nitrogen and oxygen atoms in total. The van der Waals surface area contributed by atoms with E-state index in [0.717, 1.165) is 10.6 Å². The van der Waals surface area contributed by atoms with Crippen molar-refractivity contribution >= 4 is 5.78 Å². The first-order chi connectivity index (χ1) is 6.18. The monoisotopic (exact) mass is 186 g/mol. The Morgan fingerprint density at radius 2 is 2.31 bits per heavy atom. The number of fused-ring (bicyclic) bond motifs is 1. The van der Waals surface area contributed by atoms with Crippen molar-refractivity contribution in [3.05, 3.63) is 28.4 Å². The molecule has 68 valence electrons. The highest BCUT2D eigenvalue weighted by Gasteiger charge is 2.12. The molecule has 0 unspecified atom stereocenters. The van der Waals surface area contributed by atoms with Gasteiger partial charge in [-0.15, -0.1) is 0 Å². The molecule has 2 aromatic rings. The molecule has 0 radical (unpaired) electrons. The molecular formula is C6H4F2N4O. The molecule has 0 saturated carbocycles. The first kappa shape index (κ1) is 7.84. The number of aromatic amines is 1. The molecule has 2 rings (SSSR count). The van der Waals surface area contributed by atoms with Crippen molar-refractivity contribution in [2.24, 2.45) is 0 Å². The van der Waals surface area contributed by atoms with Gasteiger partial charge in [-0.1, -0.05) is 0 Å². The minimum absolute atomic E-state index is 0.0530. The highest BCUT2D eigenvalue weighted by molar-refractivity contribution is 5.26. The normalized spacial score (nSPS) is 11.3. The summed E-state index contributed by atoms with van der Waals surface area (Å²) in [5.74, 6) is -0.0530. The molecule has 0 aliphatic carbocycles. The van der Waals surface area contributed by atoms with Crippen LogP contribution in [0, 0.1) is 0 Å². The standard InChI is InChI=1S/C6H4F2N4O/c7-5(8)3-1-4(13)12-6(11-3)9-2-10-12/h1-2,5H,(H,9,10,11). The van der Waals surface area contributed by atoms with E-state index in [1.165, 1.54) is 6.33 Å². The maximum atomic E-state index is 12.1. The molecule has 0 aromatic carbocycles.